The smallest absolute Gasteiger partial charge is 0.222 e. The topological polar surface area (TPSA) is 49.4 Å². The Morgan fingerprint density at radius 2 is 2.00 bits per heavy atom. The Morgan fingerprint density at radius 1 is 1.20 bits per heavy atom. The predicted octanol–water partition coefficient (Wildman–Crippen LogP) is 3.16. The maximum absolute atomic E-state index is 13.6. The molecule has 2 aliphatic rings. The summed E-state index contributed by atoms with van der Waals surface area (Å²) in [6.45, 7) is 1.81. The molecule has 1 aromatic rings. The molecule has 1 aliphatic carbocycles. The SMILES string of the molecule is O=C(CCN1CCCCC1=O)NCC1(c2cccc(F)c2)CCCC1. The molecular weight excluding hydrogens is 319 g/mol. The van der Waals surface area contributed by atoms with Gasteiger partial charge < -0.3 is 10.2 Å². The van der Waals surface area contributed by atoms with Gasteiger partial charge in [-0.3, -0.25) is 9.59 Å². The maximum Gasteiger partial charge on any atom is 0.222 e. The summed E-state index contributed by atoms with van der Waals surface area (Å²) in [6.07, 6.45) is 7.08. The van der Waals surface area contributed by atoms with Gasteiger partial charge in [0.05, 0.1) is 0 Å². The van der Waals surface area contributed by atoms with Crippen LogP contribution in [0.2, 0.25) is 0 Å². The summed E-state index contributed by atoms with van der Waals surface area (Å²) in [7, 11) is 0. The highest BCUT2D eigenvalue weighted by molar-refractivity contribution is 5.79. The van der Waals surface area contributed by atoms with Crippen molar-refractivity contribution < 1.29 is 14.0 Å². The van der Waals surface area contributed by atoms with Gasteiger partial charge in [0.1, 0.15) is 5.82 Å². The van der Waals surface area contributed by atoms with Crippen molar-refractivity contribution in [3.8, 4) is 0 Å². The van der Waals surface area contributed by atoms with E-state index in [2.05, 4.69) is 5.32 Å². The zero-order chi connectivity index (χ0) is 17.7. The van der Waals surface area contributed by atoms with Gasteiger partial charge in [0, 0.05) is 37.9 Å². The molecule has 0 radical (unpaired) electrons. The van der Waals surface area contributed by atoms with Crippen LogP contribution in [0.1, 0.15) is 56.9 Å². The van der Waals surface area contributed by atoms with Crippen molar-refractivity contribution in [2.45, 2.75) is 56.8 Å². The Labute approximate surface area is 148 Å². The first-order valence-corrected chi connectivity index (χ1v) is 9.40. The third-order valence-electron chi connectivity index (χ3n) is 5.65. The van der Waals surface area contributed by atoms with E-state index in [1.807, 2.05) is 6.07 Å². The molecule has 2 fully saturated rings. The second-order valence-electron chi connectivity index (χ2n) is 7.36. The van der Waals surface area contributed by atoms with Crippen LogP contribution in [-0.4, -0.2) is 36.3 Å². The number of carbonyl (C=O) groups excluding carboxylic acids is 2. The first-order chi connectivity index (χ1) is 12.1. The minimum Gasteiger partial charge on any atom is -0.355 e. The number of carbonyl (C=O) groups is 2. The van der Waals surface area contributed by atoms with Gasteiger partial charge in [0.15, 0.2) is 0 Å². The van der Waals surface area contributed by atoms with E-state index < -0.39 is 0 Å². The van der Waals surface area contributed by atoms with Crippen LogP contribution < -0.4 is 5.32 Å². The molecule has 1 aromatic carbocycles. The number of benzene rings is 1. The van der Waals surface area contributed by atoms with Gasteiger partial charge in [-0.1, -0.05) is 25.0 Å². The second-order valence-corrected chi connectivity index (χ2v) is 7.36. The Kier molecular flexibility index (Phi) is 5.71. The quantitative estimate of drug-likeness (QED) is 0.860. The lowest BCUT2D eigenvalue weighted by Crippen LogP contribution is -2.41. The van der Waals surface area contributed by atoms with Gasteiger partial charge in [0.25, 0.3) is 0 Å². The van der Waals surface area contributed by atoms with Crippen LogP contribution in [0.4, 0.5) is 4.39 Å². The van der Waals surface area contributed by atoms with Crippen LogP contribution in [0.3, 0.4) is 0 Å². The number of rotatable bonds is 6. The first kappa shape index (κ1) is 17.9. The molecule has 3 rings (SSSR count). The maximum atomic E-state index is 13.6. The van der Waals surface area contributed by atoms with E-state index in [0.29, 0.717) is 25.9 Å². The van der Waals surface area contributed by atoms with E-state index in [4.69, 9.17) is 0 Å². The lowest BCUT2D eigenvalue weighted by molar-refractivity contribution is -0.133. The molecule has 1 saturated heterocycles. The van der Waals surface area contributed by atoms with Crippen LogP contribution in [0.5, 0.6) is 0 Å². The Bertz CT molecular complexity index is 626. The van der Waals surface area contributed by atoms with Crippen LogP contribution >= 0.6 is 0 Å². The molecular formula is C20H27FN2O2. The summed E-state index contributed by atoms with van der Waals surface area (Å²) < 4.78 is 13.6. The third kappa shape index (κ3) is 4.39. The Morgan fingerprint density at radius 3 is 2.72 bits per heavy atom. The fraction of sp³-hybridized carbons (Fsp3) is 0.600. The number of hydrogen-bond donors (Lipinski definition) is 1. The summed E-state index contributed by atoms with van der Waals surface area (Å²) in [5.74, 6) is -0.0918. The van der Waals surface area contributed by atoms with E-state index in [1.165, 1.54) is 6.07 Å². The van der Waals surface area contributed by atoms with E-state index in [1.54, 1.807) is 17.0 Å². The van der Waals surface area contributed by atoms with Gasteiger partial charge in [0.2, 0.25) is 11.8 Å². The molecule has 1 heterocycles. The summed E-state index contributed by atoms with van der Waals surface area (Å²) in [6, 6.07) is 6.77. The molecule has 5 heteroatoms. The molecule has 1 aliphatic heterocycles. The number of hydrogen-bond acceptors (Lipinski definition) is 2. The largest absolute Gasteiger partial charge is 0.355 e. The highest BCUT2D eigenvalue weighted by atomic mass is 19.1. The van der Waals surface area contributed by atoms with Crippen molar-refractivity contribution in [1.29, 1.82) is 0 Å². The molecule has 25 heavy (non-hydrogen) atoms. The molecule has 0 aromatic heterocycles. The van der Waals surface area contributed by atoms with Crippen LogP contribution in [0, 0.1) is 5.82 Å². The Balaban J connectivity index is 1.55. The summed E-state index contributed by atoms with van der Waals surface area (Å²) in [4.78, 5) is 25.9. The summed E-state index contributed by atoms with van der Waals surface area (Å²) >= 11 is 0. The second kappa shape index (κ2) is 7.98. The minimum absolute atomic E-state index is 0.0268. The zero-order valence-electron chi connectivity index (χ0n) is 14.7. The lowest BCUT2D eigenvalue weighted by Gasteiger charge is -2.30. The van der Waals surface area contributed by atoms with E-state index in [0.717, 1.165) is 50.6 Å². The lowest BCUT2D eigenvalue weighted by atomic mass is 9.78. The summed E-state index contributed by atoms with van der Waals surface area (Å²) in [5, 5.41) is 3.04. The zero-order valence-corrected chi connectivity index (χ0v) is 14.7. The van der Waals surface area contributed by atoms with Gasteiger partial charge in [-0.2, -0.15) is 0 Å². The molecule has 0 atom stereocenters. The van der Waals surface area contributed by atoms with Crippen molar-refractivity contribution in [2.24, 2.45) is 0 Å². The molecule has 2 amide bonds. The number of halogens is 1. The molecule has 0 unspecified atom stereocenters. The molecule has 4 nitrogen and oxygen atoms in total. The van der Waals surface area contributed by atoms with E-state index in [9.17, 15) is 14.0 Å². The van der Waals surface area contributed by atoms with Crippen LogP contribution in [0.25, 0.3) is 0 Å². The first-order valence-electron chi connectivity index (χ1n) is 9.40. The number of likely N-dealkylation sites (tertiary alicyclic amines) is 1. The van der Waals surface area contributed by atoms with Crippen LogP contribution in [-0.2, 0) is 15.0 Å². The number of amides is 2. The standard InChI is InChI=1S/C20H27FN2O2/c21-17-7-5-6-16(14-17)20(10-2-3-11-20)15-22-18(24)9-13-23-12-4-1-8-19(23)25/h5-7,14H,1-4,8-13,15H2,(H,22,24). The number of nitrogens with one attached hydrogen (secondary N) is 1. The average Bonchev–Trinajstić information content (AvgIpc) is 3.09. The predicted molar refractivity (Wildman–Crippen MR) is 94.6 cm³/mol. The van der Waals surface area contributed by atoms with Gasteiger partial charge in [-0.15, -0.1) is 0 Å². The highest BCUT2D eigenvalue weighted by Gasteiger charge is 2.36. The molecule has 0 spiro atoms. The molecule has 0 bridgehead atoms. The minimum atomic E-state index is -0.223. The van der Waals surface area contributed by atoms with Gasteiger partial charge >= 0.3 is 0 Å². The summed E-state index contributed by atoms with van der Waals surface area (Å²) in [5.41, 5.74) is 0.829. The fourth-order valence-corrected chi connectivity index (χ4v) is 4.13. The van der Waals surface area contributed by atoms with Crippen LogP contribution in [0.15, 0.2) is 24.3 Å². The average molecular weight is 346 g/mol. The van der Waals surface area contributed by atoms with Gasteiger partial charge in [-0.05, 0) is 43.4 Å². The van der Waals surface area contributed by atoms with E-state index >= 15 is 0 Å². The fourth-order valence-electron chi connectivity index (χ4n) is 4.13. The molecule has 1 N–H and O–H groups in total. The number of piperidine rings is 1. The third-order valence-corrected chi connectivity index (χ3v) is 5.65. The molecule has 136 valence electrons. The normalized spacial score (nSPS) is 19.9. The van der Waals surface area contributed by atoms with Crippen molar-refractivity contribution in [3.05, 3.63) is 35.6 Å². The van der Waals surface area contributed by atoms with E-state index in [-0.39, 0.29) is 23.0 Å². The number of nitrogens with zero attached hydrogens (tertiary/aromatic N) is 1. The molecule has 1 saturated carbocycles. The monoisotopic (exact) mass is 346 g/mol. The van der Waals surface area contributed by atoms with Crippen molar-refractivity contribution in [3.63, 3.8) is 0 Å². The van der Waals surface area contributed by atoms with Crippen molar-refractivity contribution >= 4 is 11.8 Å². The van der Waals surface area contributed by atoms with Gasteiger partial charge in [-0.25, -0.2) is 4.39 Å². The van der Waals surface area contributed by atoms with Crippen molar-refractivity contribution in [2.75, 3.05) is 19.6 Å². The van der Waals surface area contributed by atoms with Crippen molar-refractivity contribution in [1.82, 2.24) is 10.2 Å². The highest BCUT2D eigenvalue weighted by Crippen LogP contribution is 2.40. The Hall–Kier alpha value is -1.91.